The molecule has 1 heterocycles. The van der Waals surface area contributed by atoms with Gasteiger partial charge < -0.3 is 4.57 Å². The van der Waals surface area contributed by atoms with E-state index in [-0.39, 0.29) is 0 Å². The van der Waals surface area contributed by atoms with E-state index in [4.69, 9.17) is 4.98 Å². The van der Waals surface area contributed by atoms with Crippen molar-refractivity contribution < 1.29 is 0 Å². The van der Waals surface area contributed by atoms with E-state index in [1.165, 1.54) is 126 Å². The largest absolute Gasteiger partial charge is 0.335 e. The summed E-state index contributed by atoms with van der Waals surface area (Å²) in [4.78, 5) is 5.11. The molecule has 0 unspecified atom stereocenters. The van der Waals surface area contributed by atoms with E-state index < -0.39 is 0 Å². The zero-order valence-electron chi connectivity index (χ0n) is 22.7. The fourth-order valence-electron chi connectivity index (χ4n) is 4.98. The van der Waals surface area contributed by atoms with Gasteiger partial charge in [0.15, 0.2) is 0 Å². The van der Waals surface area contributed by atoms with Crippen LogP contribution < -0.4 is 0 Å². The molecule has 2 aromatic rings. The van der Waals surface area contributed by atoms with Crippen molar-refractivity contribution in [2.75, 3.05) is 0 Å². The molecule has 0 aliphatic heterocycles. The Kier molecular flexibility index (Phi) is 16.6. The number of hydrogen-bond acceptors (Lipinski definition) is 1. The van der Waals surface area contributed by atoms with Gasteiger partial charge in [-0.05, 0) is 37.7 Å². The monoisotopic (exact) mass is 466 g/mol. The number of aromatic nitrogens is 2. The average Bonchev–Trinajstić information content (AvgIpc) is 3.24. The van der Waals surface area contributed by atoms with Gasteiger partial charge in [0.25, 0.3) is 0 Å². The van der Waals surface area contributed by atoms with Gasteiger partial charge >= 0.3 is 0 Å². The van der Waals surface area contributed by atoms with Crippen molar-refractivity contribution in [1.82, 2.24) is 9.55 Å². The summed E-state index contributed by atoms with van der Waals surface area (Å²) < 4.78 is 2.51. The molecule has 1 aromatic carbocycles. The topological polar surface area (TPSA) is 17.8 Å². The summed E-state index contributed by atoms with van der Waals surface area (Å²) >= 11 is 0. The molecular formula is C32H54N2. The first-order valence-corrected chi connectivity index (χ1v) is 14.9. The molecule has 0 amide bonds. The molecule has 0 saturated carbocycles. The summed E-state index contributed by atoms with van der Waals surface area (Å²) in [6, 6.07) is 10.9. The highest BCUT2D eigenvalue weighted by molar-refractivity contribution is 5.15. The molecule has 0 N–H and O–H groups in total. The van der Waals surface area contributed by atoms with Crippen LogP contribution in [-0.2, 0) is 25.8 Å². The summed E-state index contributed by atoms with van der Waals surface area (Å²) in [7, 11) is 0. The lowest BCUT2D eigenvalue weighted by molar-refractivity contribution is 0.526. The van der Waals surface area contributed by atoms with E-state index in [2.05, 4.69) is 54.9 Å². The predicted octanol–water partition coefficient (Wildman–Crippen LogP) is 9.88. The minimum Gasteiger partial charge on any atom is -0.335 e. The van der Waals surface area contributed by atoms with Gasteiger partial charge in [0.1, 0.15) is 5.82 Å². The molecule has 2 nitrogen and oxygen atoms in total. The highest BCUT2D eigenvalue weighted by atomic mass is 15.1. The van der Waals surface area contributed by atoms with E-state index in [9.17, 15) is 0 Å². The molecule has 1 aromatic heterocycles. The first-order chi connectivity index (χ1) is 16.8. The van der Waals surface area contributed by atoms with Gasteiger partial charge in [0.05, 0.1) is 5.69 Å². The Morgan fingerprint density at radius 2 is 1.12 bits per heavy atom. The third-order valence-electron chi connectivity index (χ3n) is 7.16. The Bertz CT molecular complexity index is 666. The highest BCUT2D eigenvalue weighted by Crippen LogP contribution is 2.16. The Labute approximate surface area is 212 Å². The van der Waals surface area contributed by atoms with Crippen molar-refractivity contribution >= 4 is 0 Å². The fraction of sp³-hybridized carbons (Fsp3) is 0.719. The lowest BCUT2D eigenvalue weighted by atomic mass is 10.1. The first kappa shape index (κ1) is 28.7. The summed E-state index contributed by atoms with van der Waals surface area (Å²) in [6.07, 6.45) is 29.1. The molecule has 34 heavy (non-hydrogen) atoms. The zero-order chi connectivity index (χ0) is 24.1. The van der Waals surface area contributed by atoms with Crippen molar-refractivity contribution in [3.8, 4) is 0 Å². The molecule has 0 aliphatic carbocycles. The number of rotatable bonds is 22. The van der Waals surface area contributed by atoms with E-state index in [0.29, 0.717) is 0 Å². The maximum Gasteiger partial charge on any atom is 0.108 e. The van der Waals surface area contributed by atoms with Gasteiger partial charge in [-0.25, -0.2) is 4.98 Å². The Morgan fingerprint density at radius 1 is 0.559 bits per heavy atom. The Morgan fingerprint density at radius 3 is 1.74 bits per heavy atom. The third-order valence-corrected chi connectivity index (χ3v) is 7.16. The lowest BCUT2D eigenvalue weighted by Crippen LogP contribution is -2.03. The maximum absolute atomic E-state index is 5.11. The third kappa shape index (κ3) is 13.4. The minimum absolute atomic E-state index is 1.10. The number of benzene rings is 1. The van der Waals surface area contributed by atoms with Gasteiger partial charge in [0, 0.05) is 19.2 Å². The second-order valence-electron chi connectivity index (χ2n) is 10.4. The highest BCUT2D eigenvalue weighted by Gasteiger charge is 2.08. The van der Waals surface area contributed by atoms with Crippen LogP contribution in [0, 0.1) is 0 Å². The molecule has 0 aliphatic rings. The molecular weight excluding hydrogens is 412 g/mol. The summed E-state index contributed by atoms with van der Waals surface area (Å²) in [5.74, 6) is 1.35. The Balaban J connectivity index is 1.74. The van der Waals surface area contributed by atoms with Crippen molar-refractivity contribution in [3.63, 3.8) is 0 Å². The smallest absolute Gasteiger partial charge is 0.108 e. The van der Waals surface area contributed by atoms with Gasteiger partial charge in [-0.3, -0.25) is 0 Å². The number of hydrogen-bond donors (Lipinski definition) is 0. The molecule has 0 spiro atoms. The van der Waals surface area contributed by atoms with Crippen LogP contribution in [0.4, 0.5) is 0 Å². The van der Waals surface area contributed by atoms with E-state index in [1.807, 2.05) is 0 Å². The maximum atomic E-state index is 5.11. The van der Waals surface area contributed by atoms with Crippen molar-refractivity contribution in [3.05, 3.63) is 53.6 Å². The van der Waals surface area contributed by atoms with Gasteiger partial charge in [-0.2, -0.15) is 0 Å². The molecule has 0 saturated heterocycles. The molecule has 2 heteroatoms. The number of aryl methyl sites for hydroxylation is 4. The Hall–Kier alpha value is -1.57. The summed E-state index contributed by atoms with van der Waals surface area (Å²) in [5, 5.41) is 0. The SMILES string of the molecule is CCCCCCCCCCc1nc(CCCc2ccccc2)cn1CCCCCCCCCC. The standard InChI is InChI=1S/C32H54N2/c1-3-5-7-9-11-13-15-20-27-32-33-31(26-22-25-30-23-18-17-19-24-30)29-34(32)28-21-16-14-12-10-8-6-4-2/h17-19,23-24,29H,3-16,20-22,25-28H2,1-2H3. The van der Waals surface area contributed by atoms with Crippen LogP contribution in [0.25, 0.3) is 0 Å². The normalized spacial score (nSPS) is 11.4. The van der Waals surface area contributed by atoms with Crippen LogP contribution in [0.2, 0.25) is 0 Å². The second-order valence-corrected chi connectivity index (χ2v) is 10.4. The summed E-state index contributed by atoms with van der Waals surface area (Å²) in [6.45, 7) is 5.75. The van der Waals surface area contributed by atoms with Crippen LogP contribution in [0.15, 0.2) is 36.5 Å². The van der Waals surface area contributed by atoms with E-state index in [1.54, 1.807) is 0 Å². The van der Waals surface area contributed by atoms with Gasteiger partial charge in [-0.1, -0.05) is 134 Å². The molecule has 0 radical (unpaired) electrons. The van der Waals surface area contributed by atoms with E-state index in [0.717, 1.165) is 25.8 Å². The number of imidazole rings is 1. The van der Waals surface area contributed by atoms with Crippen LogP contribution in [-0.4, -0.2) is 9.55 Å². The molecule has 0 atom stereocenters. The average molecular weight is 467 g/mol. The van der Waals surface area contributed by atoms with Crippen LogP contribution in [0.3, 0.4) is 0 Å². The molecule has 0 fully saturated rings. The molecule has 0 bridgehead atoms. The van der Waals surface area contributed by atoms with Crippen LogP contribution in [0.5, 0.6) is 0 Å². The van der Waals surface area contributed by atoms with Crippen molar-refractivity contribution in [1.29, 1.82) is 0 Å². The fourth-order valence-corrected chi connectivity index (χ4v) is 4.98. The minimum atomic E-state index is 1.10. The van der Waals surface area contributed by atoms with Gasteiger partial charge in [-0.15, -0.1) is 0 Å². The number of unbranched alkanes of at least 4 members (excludes halogenated alkanes) is 14. The van der Waals surface area contributed by atoms with Gasteiger partial charge in [0.2, 0.25) is 0 Å². The van der Waals surface area contributed by atoms with Crippen LogP contribution in [0.1, 0.15) is 140 Å². The number of nitrogens with zero attached hydrogens (tertiary/aromatic N) is 2. The zero-order valence-corrected chi connectivity index (χ0v) is 22.7. The lowest BCUT2D eigenvalue weighted by Gasteiger charge is -2.08. The predicted molar refractivity (Wildman–Crippen MR) is 150 cm³/mol. The van der Waals surface area contributed by atoms with Crippen molar-refractivity contribution in [2.45, 2.75) is 149 Å². The molecule has 2 rings (SSSR count). The molecule has 192 valence electrons. The first-order valence-electron chi connectivity index (χ1n) is 14.9. The second kappa shape index (κ2) is 19.7. The van der Waals surface area contributed by atoms with Crippen LogP contribution >= 0.6 is 0 Å². The summed E-state index contributed by atoms with van der Waals surface area (Å²) in [5.41, 5.74) is 2.75. The quantitative estimate of drug-likeness (QED) is 0.158. The van der Waals surface area contributed by atoms with Crippen molar-refractivity contribution in [2.24, 2.45) is 0 Å². The van der Waals surface area contributed by atoms with E-state index >= 15 is 0 Å².